The highest BCUT2D eigenvalue weighted by molar-refractivity contribution is 8.09. The van der Waals surface area contributed by atoms with Crippen molar-refractivity contribution in [2.24, 2.45) is 0 Å². The van der Waals surface area contributed by atoms with Crippen molar-refractivity contribution in [1.29, 1.82) is 0 Å². The van der Waals surface area contributed by atoms with Gasteiger partial charge < -0.3 is 9.05 Å². The van der Waals surface area contributed by atoms with Gasteiger partial charge in [0, 0.05) is 36.0 Å². The van der Waals surface area contributed by atoms with Gasteiger partial charge in [-0.05, 0) is 46.5 Å². The van der Waals surface area contributed by atoms with Crippen LogP contribution in [0, 0.1) is 0 Å². The van der Waals surface area contributed by atoms with E-state index in [9.17, 15) is 0 Å². The number of piperidine rings is 1. The van der Waals surface area contributed by atoms with Crippen molar-refractivity contribution in [2.45, 2.75) is 19.3 Å². The van der Waals surface area contributed by atoms with E-state index in [0.717, 1.165) is 48.6 Å². The van der Waals surface area contributed by atoms with Crippen molar-refractivity contribution in [2.75, 3.05) is 13.1 Å². The van der Waals surface area contributed by atoms with Crippen molar-refractivity contribution in [3.05, 3.63) is 72.8 Å². The van der Waals surface area contributed by atoms with Gasteiger partial charge in [-0.3, -0.25) is 0 Å². The highest BCUT2D eigenvalue weighted by Gasteiger charge is 2.37. The molecule has 0 aliphatic carbocycles. The summed E-state index contributed by atoms with van der Waals surface area (Å²) in [6.07, 6.45) is 3.52. The number of benzene rings is 4. The number of nitrogens with zero attached hydrogens (tertiary/aromatic N) is 1. The van der Waals surface area contributed by atoms with Gasteiger partial charge in [0.05, 0.1) is 0 Å². The molecule has 2 aliphatic heterocycles. The second kappa shape index (κ2) is 7.09. The molecule has 30 heavy (non-hydrogen) atoms. The summed E-state index contributed by atoms with van der Waals surface area (Å²) in [5, 5.41) is 4.70. The average molecular weight is 431 g/mol. The molecule has 0 unspecified atom stereocenters. The van der Waals surface area contributed by atoms with Gasteiger partial charge in [-0.2, -0.15) is 0 Å². The number of hydrogen-bond acceptors (Lipinski definition) is 3. The fourth-order valence-electron chi connectivity index (χ4n) is 4.68. The maximum absolute atomic E-state index is 6.65. The highest BCUT2D eigenvalue weighted by Crippen LogP contribution is 2.60. The summed E-state index contributed by atoms with van der Waals surface area (Å²) in [4.78, 5) is 0. The monoisotopic (exact) mass is 431 g/mol. The van der Waals surface area contributed by atoms with Crippen molar-refractivity contribution in [3.63, 3.8) is 0 Å². The van der Waals surface area contributed by atoms with Crippen LogP contribution in [-0.2, 0) is 11.8 Å². The van der Waals surface area contributed by atoms with Crippen LogP contribution in [0.1, 0.15) is 19.3 Å². The average Bonchev–Trinajstić information content (AvgIpc) is 2.94. The number of rotatable bonds is 1. The molecule has 0 aromatic heterocycles. The zero-order valence-electron chi connectivity index (χ0n) is 16.6. The molecule has 5 heteroatoms. The van der Waals surface area contributed by atoms with E-state index < -0.39 is 6.64 Å². The van der Waals surface area contributed by atoms with Crippen molar-refractivity contribution in [3.8, 4) is 22.6 Å². The summed E-state index contributed by atoms with van der Waals surface area (Å²) in [5.41, 5.74) is 2.17. The third-order valence-corrected chi connectivity index (χ3v) is 9.23. The van der Waals surface area contributed by atoms with Gasteiger partial charge in [-0.25, -0.2) is 4.67 Å². The minimum Gasteiger partial charge on any atom is -0.424 e. The van der Waals surface area contributed by atoms with Crippen LogP contribution in [-0.4, -0.2) is 17.8 Å². The van der Waals surface area contributed by atoms with Crippen LogP contribution in [0.4, 0.5) is 0 Å². The molecule has 150 valence electrons. The van der Waals surface area contributed by atoms with Gasteiger partial charge >= 0.3 is 6.64 Å². The Morgan fingerprint density at radius 3 is 1.67 bits per heavy atom. The van der Waals surface area contributed by atoms with Gasteiger partial charge in [-0.1, -0.05) is 67.1 Å². The molecule has 0 radical (unpaired) electrons. The first-order chi connectivity index (χ1) is 14.7. The van der Waals surface area contributed by atoms with Gasteiger partial charge in [0.1, 0.15) is 11.5 Å². The summed E-state index contributed by atoms with van der Waals surface area (Å²) in [5.74, 6) is 1.66. The van der Waals surface area contributed by atoms with Gasteiger partial charge in [0.25, 0.3) is 0 Å². The number of fused-ring (bicyclic) bond motifs is 7. The Balaban J connectivity index is 1.69. The largest absolute Gasteiger partial charge is 0.424 e. The summed E-state index contributed by atoms with van der Waals surface area (Å²) in [6.45, 7) is -0.819. The molecule has 2 aliphatic rings. The van der Waals surface area contributed by atoms with Gasteiger partial charge in [-0.15, -0.1) is 0 Å². The lowest BCUT2D eigenvalue weighted by molar-refractivity contribution is 0.307. The Kier molecular flexibility index (Phi) is 4.35. The predicted octanol–water partition coefficient (Wildman–Crippen LogP) is 7.14. The van der Waals surface area contributed by atoms with Crippen molar-refractivity contribution in [1.82, 2.24) is 4.67 Å². The molecule has 0 saturated carbocycles. The van der Waals surface area contributed by atoms with Gasteiger partial charge in [0.2, 0.25) is 0 Å². The van der Waals surface area contributed by atoms with E-state index >= 15 is 0 Å². The molecule has 0 atom stereocenters. The zero-order valence-corrected chi connectivity index (χ0v) is 18.3. The van der Waals surface area contributed by atoms with E-state index in [0.29, 0.717) is 0 Å². The number of hydrogen-bond donors (Lipinski definition) is 0. The second-order valence-electron chi connectivity index (χ2n) is 7.99. The maximum atomic E-state index is 6.65. The lowest BCUT2D eigenvalue weighted by Crippen LogP contribution is -2.30. The Bertz CT molecular complexity index is 1240. The van der Waals surface area contributed by atoms with Crippen LogP contribution in [0.15, 0.2) is 72.8 Å². The van der Waals surface area contributed by atoms with E-state index in [4.69, 9.17) is 20.9 Å². The van der Waals surface area contributed by atoms with Crippen LogP contribution in [0.5, 0.6) is 11.5 Å². The van der Waals surface area contributed by atoms with Crippen molar-refractivity contribution < 1.29 is 9.05 Å². The molecule has 1 saturated heterocycles. The Morgan fingerprint density at radius 1 is 0.633 bits per heavy atom. The Morgan fingerprint density at radius 2 is 1.13 bits per heavy atom. The third-order valence-electron chi connectivity index (χ3n) is 6.14. The molecule has 4 aromatic carbocycles. The quantitative estimate of drug-likeness (QED) is 0.299. The maximum Gasteiger partial charge on any atom is 0.368 e. The minimum absolute atomic E-state index is 0.831. The van der Waals surface area contributed by atoms with Crippen LogP contribution in [0.25, 0.3) is 32.7 Å². The smallest absolute Gasteiger partial charge is 0.368 e. The van der Waals surface area contributed by atoms with Crippen LogP contribution < -0.4 is 9.05 Å². The van der Waals surface area contributed by atoms with Crippen molar-refractivity contribution >= 4 is 40.0 Å². The molecule has 0 N–H and O–H groups in total. The predicted molar refractivity (Wildman–Crippen MR) is 128 cm³/mol. The summed E-state index contributed by atoms with van der Waals surface area (Å²) in [6, 6.07) is 25.3. The van der Waals surface area contributed by atoms with Gasteiger partial charge in [0.15, 0.2) is 0 Å². The van der Waals surface area contributed by atoms with Crippen LogP contribution in [0.2, 0.25) is 0 Å². The Hall–Kier alpha value is -2.39. The topological polar surface area (TPSA) is 21.7 Å². The molecule has 0 bridgehead atoms. The molecule has 2 heterocycles. The lowest BCUT2D eigenvalue weighted by atomic mass is 9.92. The highest BCUT2D eigenvalue weighted by atomic mass is 32.5. The third kappa shape index (κ3) is 2.86. The molecule has 3 nitrogen and oxygen atoms in total. The van der Waals surface area contributed by atoms with E-state index in [1.807, 2.05) is 0 Å². The van der Waals surface area contributed by atoms with E-state index in [-0.39, 0.29) is 0 Å². The van der Waals surface area contributed by atoms with Crippen LogP contribution >= 0.6 is 6.64 Å². The summed E-state index contributed by atoms with van der Waals surface area (Å²) < 4.78 is 15.6. The lowest BCUT2D eigenvalue weighted by Gasteiger charge is -2.35. The molecular formula is C25H22NO2PS. The fourth-order valence-corrected chi connectivity index (χ4v) is 7.49. The minimum atomic E-state index is -2.69. The Labute approximate surface area is 181 Å². The molecule has 0 amide bonds. The first-order valence-corrected chi connectivity index (χ1v) is 13.1. The SMILES string of the molecule is S=P1(N2CCCCC2)Oc2ccc3ccccc3c2-c2c(ccc3ccccc23)O1. The van der Waals surface area contributed by atoms with E-state index in [1.165, 1.54) is 28.0 Å². The standard InChI is InChI=1S/C25H22NO2PS/c30-29(26-16-6-1-7-17-26)27-22-14-12-18-8-2-4-10-20(18)24(22)25-21-11-5-3-9-19(21)13-15-23(25)28-29/h2-5,8-15H,1,6-7,16-17H2. The molecular weight excluding hydrogens is 409 g/mol. The second-order valence-corrected chi connectivity index (χ2v) is 11.2. The first-order valence-electron chi connectivity index (χ1n) is 10.5. The first kappa shape index (κ1) is 18.4. The molecule has 1 fully saturated rings. The van der Waals surface area contributed by atoms with E-state index in [1.54, 1.807) is 0 Å². The zero-order chi connectivity index (χ0) is 20.1. The molecule has 6 rings (SSSR count). The summed E-state index contributed by atoms with van der Waals surface area (Å²) in [7, 11) is 0. The van der Waals surface area contributed by atoms with E-state index in [2.05, 4.69) is 77.5 Å². The normalized spacial score (nSPS) is 18.1. The fraction of sp³-hybridized carbons (Fsp3) is 0.200. The van der Waals surface area contributed by atoms with Crippen LogP contribution in [0.3, 0.4) is 0 Å². The molecule has 0 spiro atoms. The summed E-state index contributed by atoms with van der Waals surface area (Å²) >= 11 is 6.15. The molecule has 4 aromatic rings.